The number of hydrogen-bond acceptors (Lipinski definition) is 4. The van der Waals surface area contributed by atoms with Gasteiger partial charge in [0.2, 0.25) is 0 Å². The molecule has 0 aliphatic carbocycles. The number of halogens is 1. The molecule has 3 rings (SSSR count). The highest BCUT2D eigenvalue weighted by molar-refractivity contribution is 7.89. The fourth-order valence-corrected chi connectivity index (χ4v) is 3.08. The molecule has 7 nitrogen and oxygen atoms in total. The summed E-state index contributed by atoms with van der Waals surface area (Å²) in [7, 11) is -3.96. The van der Waals surface area contributed by atoms with Gasteiger partial charge in [-0.1, -0.05) is 18.2 Å². The van der Waals surface area contributed by atoms with E-state index in [1.807, 2.05) is 17.2 Å². The van der Waals surface area contributed by atoms with Gasteiger partial charge in [-0.3, -0.25) is 10.2 Å². The SMILES string of the molecule is Cc1cnn(-c2ccc(F)c(C(=O)NNS(=O)(=O)c3ccccc3)c2)c1. The number of benzene rings is 2. The molecular weight excluding hydrogens is 359 g/mol. The Morgan fingerprint density at radius 1 is 1.15 bits per heavy atom. The molecule has 1 aromatic heterocycles. The van der Waals surface area contributed by atoms with Crippen molar-refractivity contribution in [3.05, 3.63) is 77.9 Å². The van der Waals surface area contributed by atoms with Gasteiger partial charge in [0.05, 0.1) is 22.3 Å². The number of nitrogens with zero attached hydrogens (tertiary/aromatic N) is 2. The molecule has 9 heteroatoms. The Bertz CT molecular complexity index is 1050. The van der Waals surface area contributed by atoms with E-state index in [0.717, 1.165) is 11.6 Å². The Kier molecular flexibility index (Phi) is 4.83. The Morgan fingerprint density at radius 3 is 2.54 bits per heavy atom. The van der Waals surface area contributed by atoms with Crippen LogP contribution < -0.4 is 10.3 Å². The van der Waals surface area contributed by atoms with Crippen LogP contribution in [-0.2, 0) is 10.0 Å². The van der Waals surface area contributed by atoms with Crippen molar-refractivity contribution in [2.24, 2.45) is 0 Å². The van der Waals surface area contributed by atoms with Crippen molar-refractivity contribution >= 4 is 15.9 Å². The highest BCUT2D eigenvalue weighted by atomic mass is 32.2. The fraction of sp³-hybridized carbons (Fsp3) is 0.0588. The zero-order chi connectivity index (χ0) is 18.7. The Hall–Kier alpha value is -3.04. The Morgan fingerprint density at radius 2 is 1.88 bits per heavy atom. The molecular formula is C17H15FN4O3S. The minimum Gasteiger partial charge on any atom is -0.273 e. The number of carbonyl (C=O) groups is 1. The third-order valence-corrected chi connectivity index (χ3v) is 4.79. The van der Waals surface area contributed by atoms with Crippen molar-refractivity contribution in [3.8, 4) is 5.69 Å². The first-order chi connectivity index (χ1) is 12.4. The lowest BCUT2D eigenvalue weighted by molar-refractivity contribution is 0.0941. The lowest BCUT2D eigenvalue weighted by Crippen LogP contribution is -2.41. The molecule has 3 aromatic rings. The quantitative estimate of drug-likeness (QED) is 0.668. The number of hydrazine groups is 1. The molecule has 134 valence electrons. The normalized spacial score (nSPS) is 11.3. The van der Waals surface area contributed by atoms with Crippen molar-refractivity contribution in [2.75, 3.05) is 0 Å². The van der Waals surface area contributed by atoms with Crippen molar-refractivity contribution in [2.45, 2.75) is 11.8 Å². The molecule has 0 aliphatic heterocycles. The molecule has 0 fully saturated rings. The second-order valence-corrected chi connectivity index (χ2v) is 7.18. The van der Waals surface area contributed by atoms with Crippen molar-refractivity contribution in [3.63, 3.8) is 0 Å². The van der Waals surface area contributed by atoms with Gasteiger partial charge in [-0.25, -0.2) is 17.5 Å². The predicted molar refractivity (Wildman–Crippen MR) is 92.5 cm³/mol. The van der Waals surface area contributed by atoms with Crippen LogP contribution in [0.15, 0.2) is 65.8 Å². The van der Waals surface area contributed by atoms with E-state index < -0.39 is 21.7 Å². The summed E-state index contributed by atoms with van der Waals surface area (Å²) in [5.74, 6) is -1.71. The molecule has 0 saturated heterocycles. The number of rotatable bonds is 5. The third kappa shape index (κ3) is 3.79. The van der Waals surface area contributed by atoms with Gasteiger partial charge >= 0.3 is 0 Å². The fourth-order valence-electron chi connectivity index (χ4n) is 2.22. The molecule has 0 saturated carbocycles. The maximum Gasteiger partial charge on any atom is 0.269 e. The summed E-state index contributed by atoms with van der Waals surface area (Å²) < 4.78 is 39.7. The van der Waals surface area contributed by atoms with Gasteiger partial charge < -0.3 is 0 Å². The first kappa shape index (κ1) is 17.8. The van der Waals surface area contributed by atoms with Gasteiger partial charge in [0, 0.05) is 6.20 Å². The standard InChI is InChI=1S/C17H15FN4O3S/c1-12-10-19-22(11-12)13-7-8-16(18)15(9-13)17(23)20-21-26(24,25)14-5-3-2-4-6-14/h2-11,21H,1H3,(H,20,23). The van der Waals surface area contributed by atoms with Crippen molar-refractivity contribution in [1.29, 1.82) is 0 Å². The van der Waals surface area contributed by atoms with E-state index in [-0.39, 0.29) is 10.5 Å². The Labute approximate surface area is 149 Å². The van der Waals surface area contributed by atoms with E-state index >= 15 is 0 Å². The summed E-state index contributed by atoms with van der Waals surface area (Å²) in [5, 5.41) is 4.09. The molecule has 0 spiro atoms. The largest absolute Gasteiger partial charge is 0.273 e. The van der Waals surface area contributed by atoms with Crippen LogP contribution in [0.1, 0.15) is 15.9 Å². The molecule has 0 radical (unpaired) electrons. The van der Waals surface area contributed by atoms with Crippen LogP contribution in [0.4, 0.5) is 4.39 Å². The van der Waals surface area contributed by atoms with Gasteiger partial charge in [0.15, 0.2) is 0 Å². The van der Waals surface area contributed by atoms with Crippen molar-refractivity contribution < 1.29 is 17.6 Å². The molecule has 2 N–H and O–H groups in total. The number of sulfonamides is 1. The number of aryl methyl sites for hydroxylation is 1. The monoisotopic (exact) mass is 374 g/mol. The van der Waals surface area contributed by atoms with Crippen LogP contribution in [0.2, 0.25) is 0 Å². The minimum atomic E-state index is -3.96. The summed E-state index contributed by atoms with van der Waals surface area (Å²) in [6.45, 7) is 1.85. The third-order valence-electron chi connectivity index (χ3n) is 3.52. The summed E-state index contributed by atoms with van der Waals surface area (Å²) in [5.41, 5.74) is 3.07. The van der Waals surface area contributed by atoms with E-state index in [2.05, 4.69) is 5.10 Å². The smallest absolute Gasteiger partial charge is 0.269 e. The molecule has 0 unspecified atom stereocenters. The highest BCUT2D eigenvalue weighted by Crippen LogP contribution is 2.15. The van der Waals surface area contributed by atoms with Gasteiger partial charge in [0.1, 0.15) is 5.82 Å². The zero-order valence-corrected chi connectivity index (χ0v) is 14.5. The predicted octanol–water partition coefficient (Wildman–Crippen LogP) is 1.94. The number of aromatic nitrogens is 2. The lowest BCUT2D eigenvalue weighted by atomic mass is 10.2. The minimum absolute atomic E-state index is 0.0264. The Balaban J connectivity index is 1.80. The van der Waals surface area contributed by atoms with Gasteiger partial charge in [-0.05, 0) is 42.8 Å². The first-order valence-electron chi connectivity index (χ1n) is 7.55. The molecule has 0 aliphatic rings. The van der Waals surface area contributed by atoms with Gasteiger partial charge in [-0.15, -0.1) is 4.83 Å². The summed E-state index contributed by atoms with van der Waals surface area (Å²) >= 11 is 0. The number of nitrogens with one attached hydrogen (secondary N) is 2. The maximum absolute atomic E-state index is 14.0. The maximum atomic E-state index is 14.0. The first-order valence-corrected chi connectivity index (χ1v) is 9.03. The average molecular weight is 374 g/mol. The molecule has 1 heterocycles. The van der Waals surface area contributed by atoms with Crippen LogP contribution in [0.25, 0.3) is 5.69 Å². The average Bonchev–Trinajstić information content (AvgIpc) is 3.07. The second kappa shape index (κ2) is 7.06. The van der Waals surface area contributed by atoms with Gasteiger partial charge in [0.25, 0.3) is 15.9 Å². The van der Waals surface area contributed by atoms with Crippen LogP contribution in [0.5, 0.6) is 0 Å². The van der Waals surface area contributed by atoms with E-state index in [9.17, 15) is 17.6 Å². The molecule has 0 bridgehead atoms. The summed E-state index contributed by atoms with van der Waals surface area (Å²) in [4.78, 5) is 14.1. The van der Waals surface area contributed by atoms with E-state index in [0.29, 0.717) is 5.69 Å². The van der Waals surface area contributed by atoms with Crippen LogP contribution in [0.3, 0.4) is 0 Å². The molecule has 2 aromatic carbocycles. The van der Waals surface area contributed by atoms with E-state index in [4.69, 9.17) is 0 Å². The number of carbonyl (C=O) groups excluding carboxylic acids is 1. The molecule has 26 heavy (non-hydrogen) atoms. The highest BCUT2D eigenvalue weighted by Gasteiger charge is 2.18. The zero-order valence-electron chi connectivity index (χ0n) is 13.7. The molecule has 0 atom stereocenters. The summed E-state index contributed by atoms with van der Waals surface area (Å²) in [6.07, 6.45) is 3.34. The molecule has 1 amide bonds. The van der Waals surface area contributed by atoms with E-state index in [1.54, 1.807) is 30.6 Å². The van der Waals surface area contributed by atoms with Crippen LogP contribution in [0, 0.1) is 12.7 Å². The van der Waals surface area contributed by atoms with Crippen LogP contribution >= 0.6 is 0 Å². The van der Waals surface area contributed by atoms with Gasteiger partial charge in [-0.2, -0.15) is 5.10 Å². The summed E-state index contributed by atoms with van der Waals surface area (Å²) in [6, 6.07) is 11.4. The topological polar surface area (TPSA) is 93.1 Å². The number of hydrogen-bond donors (Lipinski definition) is 2. The lowest BCUT2D eigenvalue weighted by Gasteiger charge is -2.10. The van der Waals surface area contributed by atoms with Crippen molar-refractivity contribution in [1.82, 2.24) is 20.0 Å². The number of amides is 1. The van der Waals surface area contributed by atoms with Crippen LogP contribution in [-0.4, -0.2) is 24.1 Å². The second-order valence-electron chi connectivity index (χ2n) is 5.50. The van der Waals surface area contributed by atoms with E-state index in [1.165, 1.54) is 28.9 Å².